The molecule has 4 heteroatoms. The van der Waals surface area contributed by atoms with Crippen molar-refractivity contribution >= 4 is 17.7 Å². The Balaban J connectivity index is 3.26. The van der Waals surface area contributed by atoms with Crippen LogP contribution in [0.1, 0.15) is 6.42 Å². The molecule has 0 unspecified atom stereocenters. The van der Waals surface area contributed by atoms with E-state index in [1.165, 1.54) is 0 Å². The molecule has 9 heavy (non-hydrogen) atoms. The van der Waals surface area contributed by atoms with Gasteiger partial charge in [0.1, 0.15) is 0 Å². The summed E-state index contributed by atoms with van der Waals surface area (Å²) in [5.41, 5.74) is 10.4. The molecule has 0 radical (unpaired) electrons. The topological polar surface area (TPSA) is 69.1 Å². The van der Waals surface area contributed by atoms with Crippen LogP contribution in [0.3, 0.4) is 0 Å². The normalized spacial score (nSPS) is 13.1. The second-order valence-electron chi connectivity index (χ2n) is 1.89. The van der Waals surface area contributed by atoms with Gasteiger partial charge in [-0.3, -0.25) is 4.79 Å². The standard InChI is InChI=1S/C5H12N2OS/c1-9-3-4(6)2-5(7)8/h4H,2-3,6H2,1H3,(H2,7,8)/t4-/m1/s1. The Hall–Kier alpha value is -0.220. The number of carbonyl (C=O) groups excluding carboxylic acids is 1. The van der Waals surface area contributed by atoms with Gasteiger partial charge in [-0.2, -0.15) is 11.8 Å². The summed E-state index contributed by atoms with van der Waals surface area (Å²) in [6.07, 6.45) is 2.24. The molecule has 0 aliphatic heterocycles. The van der Waals surface area contributed by atoms with E-state index in [0.29, 0.717) is 6.42 Å². The first kappa shape index (κ1) is 8.78. The maximum atomic E-state index is 10.2. The van der Waals surface area contributed by atoms with Gasteiger partial charge in [0.25, 0.3) is 0 Å². The van der Waals surface area contributed by atoms with Crippen LogP contribution in [0.5, 0.6) is 0 Å². The molecule has 1 atom stereocenters. The summed E-state index contributed by atoms with van der Waals surface area (Å²) >= 11 is 1.62. The largest absolute Gasteiger partial charge is 0.370 e. The Morgan fingerprint density at radius 3 is 2.67 bits per heavy atom. The van der Waals surface area contributed by atoms with Crippen LogP contribution in [0, 0.1) is 0 Å². The lowest BCUT2D eigenvalue weighted by molar-refractivity contribution is -0.118. The molecule has 4 N–H and O–H groups in total. The monoisotopic (exact) mass is 148 g/mol. The molecule has 0 heterocycles. The van der Waals surface area contributed by atoms with Crippen LogP contribution in [0.2, 0.25) is 0 Å². The first-order valence-electron chi connectivity index (χ1n) is 2.69. The highest BCUT2D eigenvalue weighted by Gasteiger charge is 2.03. The van der Waals surface area contributed by atoms with Crippen molar-refractivity contribution in [3.8, 4) is 0 Å². The van der Waals surface area contributed by atoms with Crippen molar-refractivity contribution in [2.75, 3.05) is 12.0 Å². The molecule has 0 aromatic heterocycles. The highest BCUT2D eigenvalue weighted by Crippen LogP contribution is 1.97. The Labute approximate surface area is 59.2 Å². The summed E-state index contributed by atoms with van der Waals surface area (Å²) < 4.78 is 0. The van der Waals surface area contributed by atoms with Gasteiger partial charge in [-0.1, -0.05) is 0 Å². The Morgan fingerprint density at radius 2 is 2.33 bits per heavy atom. The molecule has 3 nitrogen and oxygen atoms in total. The number of rotatable bonds is 4. The predicted molar refractivity (Wildman–Crippen MR) is 40.2 cm³/mol. The number of nitrogens with two attached hydrogens (primary N) is 2. The van der Waals surface area contributed by atoms with Crippen LogP contribution >= 0.6 is 11.8 Å². The third-order valence-corrected chi connectivity index (χ3v) is 1.61. The number of amides is 1. The molecule has 0 saturated carbocycles. The molecule has 0 rings (SSSR count). The maximum absolute atomic E-state index is 10.2. The van der Waals surface area contributed by atoms with Crippen molar-refractivity contribution in [2.24, 2.45) is 11.5 Å². The van der Waals surface area contributed by atoms with Crippen LogP contribution in [-0.2, 0) is 4.79 Å². The molecule has 0 aliphatic rings. The number of carbonyl (C=O) groups is 1. The summed E-state index contributed by atoms with van der Waals surface area (Å²) in [6.45, 7) is 0. The zero-order valence-electron chi connectivity index (χ0n) is 5.46. The van der Waals surface area contributed by atoms with Crippen molar-refractivity contribution in [3.63, 3.8) is 0 Å². The van der Waals surface area contributed by atoms with E-state index in [2.05, 4.69) is 0 Å². The fraction of sp³-hybridized carbons (Fsp3) is 0.800. The lowest BCUT2D eigenvalue weighted by atomic mass is 10.2. The van der Waals surface area contributed by atoms with Gasteiger partial charge >= 0.3 is 0 Å². The van der Waals surface area contributed by atoms with E-state index in [4.69, 9.17) is 11.5 Å². The third kappa shape index (κ3) is 5.65. The van der Waals surface area contributed by atoms with Gasteiger partial charge in [-0.15, -0.1) is 0 Å². The minimum absolute atomic E-state index is 0.0718. The SMILES string of the molecule is CSC[C@H](N)CC(N)=O. The van der Waals surface area contributed by atoms with Gasteiger partial charge in [0.2, 0.25) is 5.91 Å². The minimum atomic E-state index is -0.323. The van der Waals surface area contributed by atoms with Crippen molar-refractivity contribution in [1.29, 1.82) is 0 Å². The average Bonchev–Trinajstić information content (AvgIpc) is 1.63. The highest BCUT2D eigenvalue weighted by molar-refractivity contribution is 7.98. The lowest BCUT2D eigenvalue weighted by Crippen LogP contribution is -2.29. The molecular weight excluding hydrogens is 136 g/mol. The molecule has 54 valence electrons. The van der Waals surface area contributed by atoms with E-state index in [1.807, 2.05) is 6.26 Å². The predicted octanol–water partition coefficient (Wildman–Crippen LogP) is -0.448. The zero-order valence-corrected chi connectivity index (χ0v) is 6.28. The van der Waals surface area contributed by atoms with E-state index in [-0.39, 0.29) is 11.9 Å². The van der Waals surface area contributed by atoms with Crippen molar-refractivity contribution < 1.29 is 4.79 Å². The molecule has 0 aliphatic carbocycles. The number of primary amides is 1. The molecule has 0 fully saturated rings. The molecule has 0 aromatic rings. The first-order chi connectivity index (χ1) is 4.16. The molecule has 1 amide bonds. The van der Waals surface area contributed by atoms with Crippen LogP contribution in [0.4, 0.5) is 0 Å². The molecule has 0 aromatic carbocycles. The third-order valence-electron chi connectivity index (χ3n) is 0.844. The van der Waals surface area contributed by atoms with Gasteiger partial charge < -0.3 is 11.5 Å². The maximum Gasteiger partial charge on any atom is 0.219 e. The second kappa shape index (κ2) is 4.64. The Kier molecular flexibility index (Phi) is 4.53. The quantitative estimate of drug-likeness (QED) is 0.567. The van der Waals surface area contributed by atoms with Crippen LogP contribution < -0.4 is 11.5 Å². The van der Waals surface area contributed by atoms with E-state index < -0.39 is 0 Å². The molecular formula is C5H12N2OS. The molecule has 0 spiro atoms. The highest BCUT2D eigenvalue weighted by atomic mass is 32.2. The summed E-state index contributed by atoms with van der Waals surface area (Å²) in [5.74, 6) is 0.472. The fourth-order valence-corrected chi connectivity index (χ4v) is 1.08. The van der Waals surface area contributed by atoms with Gasteiger partial charge in [-0.25, -0.2) is 0 Å². The summed E-state index contributed by atoms with van der Waals surface area (Å²) in [4.78, 5) is 10.2. The Bertz CT molecular complexity index is 97.0. The van der Waals surface area contributed by atoms with E-state index >= 15 is 0 Å². The van der Waals surface area contributed by atoms with Crippen LogP contribution in [-0.4, -0.2) is 24.0 Å². The Morgan fingerprint density at radius 1 is 1.78 bits per heavy atom. The number of thioether (sulfide) groups is 1. The van der Waals surface area contributed by atoms with Gasteiger partial charge in [-0.05, 0) is 6.26 Å². The smallest absolute Gasteiger partial charge is 0.219 e. The van der Waals surface area contributed by atoms with E-state index in [1.54, 1.807) is 11.8 Å². The minimum Gasteiger partial charge on any atom is -0.370 e. The molecule has 0 bridgehead atoms. The molecule has 0 saturated heterocycles. The summed E-state index contributed by atoms with van der Waals surface area (Å²) in [5, 5.41) is 0. The number of hydrogen-bond donors (Lipinski definition) is 2. The van der Waals surface area contributed by atoms with Crippen LogP contribution in [0.25, 0.3) is 0 Å². The van der Waals surface area contributed by atoms with Gasteiger partial charge in [0, 0.05) is 18.2 Å². The summed E-state index contributed by atoms with van der Waals surface area (Å²) in [6, 6.07) is -0.0718. The van der Waals surface area contributed by atoms with Crippen molar-refractivity contribution in [3.05, 3.63) is 0 Å². The zero-order chi connectivity index (χ0) is 7.28. The average molecular weight is 148 g/mol. The van der Waals surface area contributed by atoms with E-state index in [0.717, 1.165) is 5.75 Å². The van der Waals surface area contributed by atoms with Gasteiger partial charge in [0.15, 0.2) is 0 Å². The fourth-order valence-electron chi connectivity index (χ4n) is 0.531. The van der Waals surface area contributed by atoms with Gasteiger partial charge in [0.05, 0.1) is 0 Å². The van der Waals surface area contributed by atoms with Crippen LogP contribution in [0.15, 0.2) is 0 Å². The van der Waals surface area contributed by atoms with Crippen molar-refractivity contribution in [1.82, 2.24) is 0 Å². The van der Waals surface area contributed by atoms with E-state index in [9.17, 15) is 4.79 Å². The summed E-state index contributed by atoms with van der Waals surface area (Å²) in [7, 11) is 0. The lowest BCUT2D eigenvalue weighted by Gasteiger charge is -2.04. The first-order valence-corrected chi connectivity index (χ1v) is 4.09. The number of hydrogen-bond acceptors (Lipinski definition) is 3. The van der Waals surface area contributed by atoms with Crippen molar-refractivity contribution in [2.45, 2.75) is 12.5 Å². The second-order valence-corrected chi connectivity index (χ2v) is 2.80.